The molecule has 0 saturated heterocycles. The molecule has 0 bridgehead atoms. The molecular formula is C95H64B2N4Si. The molecule has 4 heterocycles. The predicted molar refractivity (Wildman–Crippen MR) is 437 cm³/mol. The molecule has 0 N–H and O–H groups in total. The summed E-state index contributed by atoms with van der Waals surface area (Å²) in [4.78, 5) is 10.1. The summed E-state index contributed by atoms with van der Waals surface area (Å²) < 4.78 is 0. The molecule has 4 aliphatic heterocycles. The second kappa shape index (κ2) is 22.9. The van der Waals surface area contributed by atoms with Crippen molar-refractivity contribution in [2.45, 2.75) is 6.92 Å². The topological polar surface area (TPSA) is 13.0 Å². The fourth-order valence-corrected chi connectivity index (χ4v) is 23.6. The molecule has 4 nitrogen and oxygen atoms in total. The first-order valence-electron chi connectivity index (χ1n) is 35.6. The molecule has 0 amide bonds. The van der Waals surface area contributed by atoms with Crippen LogP contribution in [0, 0.1) is 6.92 Å². The lowest BCUT2D eigenvalue weighted by molar-refractivity contribution is 1.25. The average Bonchev–Trinajstić information content (AvgIpc) is 0.662. The van der Waals surface area contributed by atoms with Gasteiger partial charge in [-0.15, -0.1) is 0 Å². The molecule has 4 aliphatic rings. The number of hydrogen-bond donors (Lipinski definition) is 0. The van der Waals surface area contributed by atoms with Crippen LogP contribution in [0.1, 0.15) is 5.56 Å². The van der Waals surface area contributed by atoms with Crippen LogP contribution in [0.15, 0.2) is 370 Å². The second-order valence-corrected chi connectivity index (χ2v) is 31.5. The zero-order valence-electron chi connectivity index (χ0n) is 56.2. The van der Waals surface area contributed by atoms with E-state index in [-0.39, 0.29) is 13.4 Å². The highest BCUT2D eigenvalue weighted by atomic mass is 28.3. The summed E-state index contributed by atoms with van der Waals surface area (Å²) in [6.07, 6.45) is 0. The molecule has 0 spiro atoms. The fourth-order valence-electron chi connectivity index (χ4n) is 18.6. The highest BCUT2D eigenvalue weighted by Crippen LogP contribution is 2.52. The first kappa shape index (κ1) is 58.3. The number of benzene rings is 17. The van der Waals surface area contributed by atoms with Crippen LogP contribution in [0.5, 0.6) is 0 Å². The third-order valence-corrected chi connectivity index (χ3v) is 27.3. The van der Waals surface area contributed by atoms with Gasteiger partial charge >= 0.3 is 0 Å². The Bertz CT molecular complexity index is 5980. The minimum Gasteiger partial charge on any atom is -0.311 e. The Morgan fingerprint density at radius 2 is 0.578 bits per heavy atom. The number of anilines is 12. The lowest BCUT2D eigenvalue weighted by atomic mass is 9.31. The molecule has 0 unspecified atom stereocenters. The maximum Gasteiger partial charge on any atom is 0.248 e. The molecule has 17 aromatic rings. The van der Waals surface area contributed by atoms with Gasteiger partial charge in [-0.2, -0.15) is 0 Å². The van der Waals surface area contributed by atoms with Crippen LogP contribution in [0.3, 0.4) is 0 Å². The summed E-state index contributed by atoms with van der Waals surface area (Å²) in [5.41, 5.74) is 27.8. The quantitative estimate of drug-likeness (QED) is 0.0687. The van der Waals surface area contributed by atoms with E-state index in [4.69, 9.17) is 0 Å². The Hall–Kier alpha value is -12.7. The lowest BCUT2D eigenvalue weighted by Gasteiger charge is -2.44. The van der Waals surface area contributed by atoms with Crippen molar-refractivity contribution >= 4 is 176 Å². The second-order valence-electron chi connectivity index (χ2n) is 27.8. The number of rotatable bonds is 12. The summed E-state index contributed by atoms with van der Waals surface area (Å²) in [5.74, 6) is 0. The molecule has 21 rings (SSSR count). The van der Waals surface area contributed by atoms with Crippen LogP contribution in [-0.2, 0) is 0 Å². The van der Waals surface area contributed by atoms with E-state index in [1.165, 1.54) is 136 Å². The van der Waals surface area contributed by atoms with Crippen molar-refractivity contribution in [3.05, 3.63) is 376 Å². The summed E-state index contributed by atoms with van der Waals surface area (Å²) in [7, 11) is -3.44. The van der Waals surface area contributed by atoms with E-state index >= 15 is 0 Å². The Balaban J connectivity index is 0.976. The van der Waals surface area contributed by atoms with Crippen molar-refractivity contribution < 1.29 is 0 Å². The van der Waals surface area contributed by atoms with Gasteiger partial charge in [0.1, 0.15) is 0 Å². The maximum atomic E-state index is 2.76. The zero-order valence-corrected chi connectivity index (χ0v) is 57.2. The molecular weight excluding hydrogens is 1250 g/mol. The zero-order chi connectivity index (χ0) is 67.2. The van der Waals surface area contributed by atoms with Crippen molar-refractivity contribution in [3.63, 3.8) is 0 Å². The highest BCUT2D eigenvalue weighted by molar-refractivity contribution is 7.21. The molecule has 102 heavy (non-hydrogen) atoms. The number of aryl methyl sites for hydroxylation is 1. The van der Waals surface area contributed by atoms with Crippen molar-refractivity contribution in [3.8, 4) is 22.3 Å². The fraction of sp³-hybridized carbons (Fsp3) is 0.0105. The maximum absolute atomic E-state index is 3.44. The van der Waals surface area contributed by atoms with E-state index in [2.05, 4.69) is 397 Å². The van der Waals surface area contributed by atoms with Crippen LogP contribution in [0.4, 0.5) is 68.2 Å². The third kappa shape index (κ3) is 8.46. The van der Waals surface area contributed by atoms with Gasteiger partial charge in [0.15, 0.2) is 8.07 Å². The Morgan fingerprint density at radius 1 is 0.255 bits per heavy atom. The SMILES string of the molecule is Cc1cc2c3c(cc4c([Si](c5ccccc5)(c5ccccc5)c5ccccc5)cc5c6c(cc1c3c46)B1c3ccccc3N(c3ccccc3)c3cc(N(c4ccccc4)c4ccccc4)cc-5c31)B1c3ccccc3N(c3ccccc3)c3cc(N(c4ccccc4)c4ccccc4)cc-2c31. The Morgan fingerprint density at radius 3 is 0.971 bits per heavy atom. The van der Waals surface area contributed by atoms with Gasteiger partial charge in [0.25, 0.3) is 0 Å². The van der Waals surface area contributed by atoms with E-state index in [1.807, 2.05) is 0 Å². The molecule has 0 atom stereocenters. The van der Waals surface area contributed by atoms with Crippen molar-refractivity contribution in [1.82, 2.24) is 0 Å². The largest absolute Gasteiger partial charge is 0.311 e. The minimum atomic E-state index is -3.44. The number of fused-ring (bicyclic) bond motifs is 8. The third-order valence-electron chi connectivity index (χ3n) is 22.5. The first-order valence-corrected chi connectivity index (χ1v) is 37.6. The van der Waals surface area contributed by atoms with Gasteiger partial charge in [0, 0.05) is 68.2 Å². The molecule has 17 aromatic carbocycles. The van der Waals surface area contributed by atoms with Gasteiger partial charge in [-0.05, 0) is 219 Å². The molecule has 0 saturated carbocycles. The van der Waals surface area contributed by atoms with Gasteiger partial charge in [-0.1, -0.05) is 272 Å². The molecule has 474 valence electrons. The van der Waals surface area contributed by atoms with E-state index in [0.717, 1.165) is 45.5 Å². The Kier molecular flexibility index (Phi) is 13.1. The summed E-state index contributed by atoms with van der Waals surface area (Å²) in [6, 6.07) is 140. The van der Waals surface area contributed by atoms with Gasteiger partial charge in [0.05, 0.1) is 0 Å². The molecule has 7 heteroatoms. The molecule has 0 fully saturated rings. The van der Waals surface area contributed by atoms with Crippen LogP contribution >= 0.6 is 0 Å². The summed E-state index contributed by atoms with van der Waals surface area (Å²) in [6.45, 7) is 2.14. The summed E-state index contributed by atoms with van der Waals surface area (Å²) in [5, 5.41) is 13.3. The molecule has 0 radical (unpaired) electrons. The summed E-state index contributed by atoms with van der Waals surface area (Å²) >= 11 is 0. The van der Waals surface area contributed by atoms with Gasteiger partial charge in [0.2, 0.25) is 13.4 Å². The molecule has 0 aliphatic carbocycles. The van der Waals surface area contributed by atoms with E-state index in [9.17, 15) is 0 Å². The van der Waals surface area contributed by atoms with Gasteiger partial charge < -0.3 is 19.6 Å². The lowest BCUT2D eigenvalue weighted by Crippen LogP contribution is -2.75. The number of nitrogens with zero attached hydrogens (tertiary/aromatic N) is 4. The monoisotopic (exact) mass is 1310 g/mol. The standard InChI is InChI=1S/C95H64B2N4Si/c1-63-55-76-78-56-70(98(64-33-11-2-12-34-64)65-35-13-3-14-36-65)58-87-94(78)97(82-52-30-32-54-86(82)100(87)68-41-19-6-20-42-68)84-61-80-89(102(72-45-23-8-24-46-72,73-47-25-9-26-48-73)74-49-27-10-28-50-74)62-77-79-57-71(99(66-37-15-4-16-38-66)67-39-17-5-18-40-67)59-88-95(79)96(83-60-75(63)92(90(76)84)93(80)91(77)83)81-51-29-31-53-85(81)101(88)69-43-21-7-22-44-69/h2-62H,1H3. The van der Waals surface area contributed by atoms with Crippen molar-refractivity contribution in [1.29, 1.82) is 0 Å². The van der Waals surface area contributed by atoms with E-state index < -0.39 is 8.07 Å². The first-order chi connectivity index (χ1) is 50.6. The smallest absolute Gasteiger partial charge is 0.248 e. The Labute approximate surface area is 596 Å². The van der Waals surface area contributed by atoms with Crippen LogP contribution in [0.25, 0.3) is 54.6 Å². The minimum absolute atomic E-state index is 0.125. The average molecular weight is 1310 g/mol. The predicted octanol–water partition coefficient (Wildman–Crippen LogP) is 17.8. The van der Waals surface area contributed by atoms with Crippen LogP contribution in [-0.4, -0.2) is 21.5 Å². The van der Waals surface area contributed by atoms with E-state index in [1.54, 1.807) is 0 Å². The van der Waals surface area contributed by atoms with Gasteiger partial charge in [-0.3, -0.25) is 0 Å². The van der Waals surface area contributed by atoms with Crippen LogP contribution in [0.2, 0.25) is 0 Å². The van der Waals surface area contributed by atoms with Crippen molar-refractivity contribution in [2.75, 3.05) is 19.6 Å². The van der Waals surface area contributed by atoms with Crippen LogP contribution < -0.4 is 73.1 Å². The van der Waals surface area contributed by atoms with Crippen molar-refractivity contribution in [2.24, 2.45) is 0 Å². The number of hydrogen-bond acceptors (Lipinski definition) is 4. The number of para-hydroxylation sites is 8. The highest BCUT2D eigenvalue weighted by Gasteiger charge is 2.49. The molecule has 0 aromatic heterocycles. The van der Waals surface area contributed by atoms with E-state index in [0.29, 0.717) is 0 Å². The normalized spacial score (nSPS) is 12.9. The van der Waals surface area contributed by atoms with Gasteiger partial charge in [-0.25, -0.2) is 0 Å².